The number of hydrogen-bond acceptors (Lipinski definition) is 4. The summed E-state index contributed by atoms with van der Waals surface area (Å²) in [6.07, 6.45) is 0. The van der Waals surface area contributed by atoms with Gasteiger partial charge in [0.1, 0.15) is 5.82 Å². The maximum Gasteiger partial charge on any atom is 0.151 e. The molecule has 0 radical (unpaired) electrons. The van der Waals surface area contributed by atoms with Crippen LogP contribution in [0.3, 0.4) is 0 Å². The third kappa shape index (κ3) is 4.24. The van der Waals surface area contributed by atoms with Crippen LogP contribution < -0.4 is 5.32 Å². The van der Waals surface area contributed by atoms with Crippen molar-refractivity contribution in [3.63, 3.8) is 0 Å². The first-order valence-corrected chi connectivity index (χ1v) is 6.62. The van der Waals surface area contributed by atoms with E-state index in [2.05, 4.69) is 27.6 Å². The van der Waals surface area contributed by atoms with Crippen molar-refractivity contribution in [1.29, 1.82) is 0 Å². The summed E-state index contributed by atoms with van der Waals surface area (Å²) in [7, 11) is 0. The van der Waals surface area contributed by atoms with Gasteiger partial charge >= 0.3 is 0 Å². The number of nitrogens with zero attached hydrogens (tertiary/aromatic N) is 2. The first-order chi connectivity index (χ1) is 8.34. The lowest BCUT2D eigenvalue weighted by Crippen LogP contribution is -2.06. The van der Waals surface area contributed by atoms with Crippen LogP contribution in [0.5, 0.6) is 0 Å². The van der Waals surface area contributed by atoms with Gasteiger partial charge in [-0.3, -0.25) is 0 Å². The second-order valence-electron chi connectivity index (χ2n) is 3.33. The lowest BCUT2D eigenvalue weighted by molar-refractivity contribution is 1.01. The van der Waals surface area contributed by atoms with E-state index >= 15 is 0 Å². The highest BCUT2D eigenvalue weighted by atomic mass is 35.5. The standard InChI is InChI=1S/C12H12ClN3S/c13-11-6-7-12(16-15-11)14-8-9-17-10-4-2-1-3-5-10/h1-7H,8-9H2,(H,14,16). The molecule has 2 aromatic rings. The average molecular weight is 266 g/mol. The van der Waals surface area contributed by atoms with Crippen molar-refractivity contribution in [1.82, 2.24) is 10.2 Å². The normalized spacial score (nSPS) is 10.2. The van der Waals surface area contributed by atoms with Crippen molar-refractivity contribution in [2.45, 2.75) is 4.90 Å². The molecule has 17 heavy (non-hydrogen) atoms. The lowest BCUT2D eigenvalue weighted by Gasteiger charge is -2.04. The number of halogens is 1. The lowest BCUT2D eigenvalue weighted by atomic mass is 10.4. The zero-order valence-corrected chi connectivity index (χ0v) is 10.7. The van der Waals surface area contributed by atoms with Crippen molar-refractivity contribution in [2.24, 2.45) is 0 Å². The van der Waals surface area contributed by atoms with Crippen LogP contribution >= 0.6 is 23.4 Å². The monoisotopic (exact) mass is 265 g/mol. The van der Waals surface area contributed by atoms with E-state index in [1.54, 1.807) is 17.8 Å². The molecular formula is C12H12ClN3S. The van der Waals surface area contributed by atoms with Crippen LogP contribution in [0.25, 0.3) is 0 Å². The molecule has 0 unspecified atom stereocenters. The molecule has 0 aliphatic carbocycles. The molecular weight excluding hydrogens is 254 g/mol. The van der Waals surface area contributed by atoms with Crippen LogP contribution in [0.1, 0.15) is 0 Å². The second kappa shape index (κ2) is 6.47. The molecule has 0 saturated heterocycles. The Morgan fingerprint density at radius 3 is 2.59 bits per heavy atom. The topological polar surface area (TPSA) is 37.8 Å². The van der Waals surface area contributed by atoms with E-state index < -0.39 is 0 Å². The van der Waals surface area contributed by atoms with Crippen molar-refractivity contribution < 1.29 is 0 Å². The minimum Gasteiger partial charge on any atom is -0.368 e. The summed E-state index contributed by atoms with van der Waals surface area (Å²) in [5.74, 6) is 1.73. The molecule has 0 aliphatic heterocycles. The fraction of sp³-hybridized carbons (Fsp3) is 0.167. The molecule has 5 heteroatoms. The summed E-state index contributed by atoms with van der Waals surface area (Å²) in [5, 5.41) is 11.3. The number of thioether (sulfide) groups is 1. The van der Waals surface area contributed by atoms with Crippen molar-refractivity contribution >= 4 is 29.2 Å². The Balaban J connectivity index is 1.71. The van der Waals surface area contributed by atoms with Crippen molar-refractivity contribution in [2.75, 3.05) is 17.6 Å². The third-order valence-corrected chi connectivity index (χ3v) is 3.27. The predicted molar refractivity (Wildman–Crippen MR) is 72.7 cm³/mol. The van der Waals surface area contributed by atoms with Gasteiger partial charge < -0.3 is 5.32 Å². The minimum absolute atomic E-state index is 0.411. The summed E-state index contributed by atoms with van der Waals surface area (Å²) in [4.78, 5) is 1.27. The maximum atomic E-state index is 5.65. The molecule has 1 aromatic heterocycles. The van der Waals surface area contributed by atoms with Crippen LogP contribution in [0.2, 0.25) is 5.15 Å². The van der Waals surface area contributed by atoms with Gasteiger partial charge in [0.2, 0.25) is 0 Å². The van der Waals surface area contributed by atoms with Crippen LogP contribution in [-0.4, -0.2) is 22.5 Å². The van der Waals surface area contributed by atoms with Gasteiger partial charge in [0.05, 0.1) is 0 Å². The van der Waals surface area contributed by atoms with E-state index in [-0.39, 0.29) is 0 Å². The molecule has 0 spiro atoms. The molecule has 0 fully saturated rings. The van der Waals surface area contributed by atoms with E-state index in [1.165, 1.54) is 4.90 Å². The van der Waals surface area contributed by atoms with Gasteiger partial charge in [-0.05, 0) is 24.3 Å². The molecule has 0 atom stereocenters. The van der Waals surface area contributed by atoms with E-state index in [4.69, 9.17) is 11.6 Å². The Kier molecular flexibility index (Phi) is 4.64. The summed E-state index contributed by atoms with van der Waals surface area (Å²) >= 11 is 7.45. The zero-order valence-electron chi connectivity index (χ0n) is 9.14. The number of aromatic nitrogens is 2. The fourth-order valence-corrected chi connectivity index (χ4v) is 2.17. The highest BCUT2D eigenvalue weighted by Gasteiger charge is 1.95. The maximum absolute atomic E-state index is 5.65. The van der Waals surface area contributed by atoms with Crippen LogP contribution in [0.4, 0.5) is 5.82 Å². The van der Waals surface area contributed by atoms with Gasteiger partial charge in [-0.15, -0.1) is 22.0 Å². The Morgan fingerprint density at radius 1 is 1.06 bits per heavy atom. The molecule has 3 nitrogen and oxygen atoms in total. The highest BCUT2D eigenvalue weighted by Crippen LogP contribution is 2.16. The van der Waals surface area contributed by atoms with Crippen LogP contribution in [0.15, 0.2) is 47.4 Å². The summed E-state index contributed by atoms with van der Waals surface area (Å²) in [6, 6.07) is 13.9. The average Bonchev–Trinajstić information content (AvgIpc) is 2.38. The first-order valence-electron chi connectivity index (χ1n) is 5.25. The van der Waals surface area contributed by atoms with Gasteiger partial charge in [0.25, 0.3) is 0 Å². The number of hydrogen-bond donors (Lipinski definition) is 1. The van der Waals surface area contributed by atoms with Gasteiger partial charge in [-0.1, -0.05) is 29.8 Å². The van der Waals surface area contributed by atoms with Crippen molar-refractivity contribution in [3.8, 4) is 0 Å². The third-order valence-electron chi connectivity index (χ3n) is 2.05. The molecule has 0 amide bonds. The fourth-order valence-electron chi connectivity index (χ4n) is 1.27. The van der Waals surface area contributed by atoms with Crippen LogP contribution in [-0.2, 0) is 0 Å². The van der Waals surface area contributed by atoms with Crippen LogP contribution in [0, 0.1) is 0 Å². The minimum atomic E-state index is 0.411. The largest absolute Gasteiger partial charge is 0.368 e. The number of rotatable bonds is 5. The molecule has 0 aliphatic rings. The van der Waals surface area contributed by atoms with Crippen molar-refractivity contribution in [3.05, 3.63) is 47.6 Å². The van der Waals surface area contributed by atoms with Gasteiger partial charge in [-0.25, -0.2) is 0 Å². The smallest absolute Gasteiger partial charge is 0.151 e. The van der Waals surface area contributed by atoms with Gasteiger partial charge in [-0.2, -0.15) is 0 Å². The number of benzene rings is 1. The van der Waals surface area contributed by atoms with E-state index in [1.807, 2.05) is 24.3 Å². The van der Waals surface area contributed by atoms with Gasteiger partial charge in [0.15, 0.2) is 5.15 Å². The first kappa shape index (κ1) is 12.2. The summed E-state index contributed by atoms with van der Waals surface area (Å²) in [5.41, 5.74) is 0. The second-order valence-corrected chi connectivity index (χ2v) is 4.89. The molecule has 0 bridgehead atoms. The zero-order chi connectivity index (χ0) is 11.9. The number of nitrogens with one attached hydrogen (secondary N) is 1. The summed E-state index contributed by atoms with van der Waals surface area (Å²) in [6.45, 7) is 0.843. The molecule has 1 N–H and O–H groups in total. The highest BCUT2D eigenvalue weighted by molar-refractivity contribution is 7.99. The van der Waals surface area contributed by atoms with E-state index in [0.29, 0.717) is 5.15 Å². The van der Waals surface area contributed by atoms with E-state index in [9.17, 15) is 0 Å². The Bertz CT molecular complexity index is 447. The Hall–Kier alpha value is -1.26. The predicted octanol–water partition coefficient (Wildman–Crippen LogP) is 3.33. The SMILES string of the molecule is Clc1ccc(NCCSc2ccccc2)nn1. The molecule has 1 aromatic carbocycles. The Labute approximate surface area is 110 Å². The molecule has 88 valence electrons. The number of anilines is 1. The molecule has 0 saturated carbocycles. The van der Waals surface area contributed by atoms with E-state index in [0.717, 1.165) is 18.1 Å². The quantitative estimate of drug-likeness (QED) is 0.665. The molecule has 1 heterocycles. The molecule has 2 rings (SSSR count). The summed E-state index contributed by atoms with van der Waals surface area (Å²) < 4.78 is 0. The van der Waals surface area contributed by atoms with Gasteiger partial charge in [0, 0.05) is 17.2 Å². The Morgan fingerprint density at radius 2 is 1.88 bits per heavy atom.